The Morgan fingerprint density at radius 2 is 1.47 bits per heavy atom. The van der Waals surface area contributed by atoms with E-state index in [9.17, 15) is 24.3 Å². The molecule has 2 heterocycles. The highest BCUT2D eigenvalue weighted by Crippen LogP contribution is 2.39. The average molecular weight is 687 g/mol. The molecule has 0 aromatic heterocycles. The number of aliphatic hydroxyl groups excluding tert-OH is 1. The summed E-state index contributed by atoms with van der Waals surface area (Å²) in [6.07, 6.45) is 16.9. The second kappa shape index (κ2) is 17.3. The van der Waals surface area contributed by atoms with Crippen molar-refractivity contribution in [3.63, 3.8) is 0 Å². The monoisotopic (exact) mass is 687 g/mol. The lowest BCUT2D eigenvalue weighted by Gasteiger charge is -2.47. The SMILES string of the molecule is CC(C)(C)NC(=O)[C@@H]1C[C@@H]2CCCC[C@@H]2CN1C[C@@H](O)[C@H](CC1CCCCC1)NC(=O)C[C@H](NC(=O)C1CCC2CCCCC2N1)C(N)=O. The number of carbonyl (C=O) groups is 4. The highest BCUT2D eigenvalue weighted by molar-refractivity contribution is 5.92. The van der Waals surface area contributed by atoms with Crippen LogP contribution in [0.15, 0.2) is 0 Å². The molecule has 2 saturated heterocycles. The number of carbonyl (C=O) groups excluding carboxylic acids is 4. The Morgan fingerprint density at radius 1 is 0.816 bits per heavy atom. The van der Waals surface area contributed by atoms with Gasteiger partial charge in [0.2, 0.25) is 23.6 Å². The molecule has 5 rings (SSSR count). The fourth-order valence-corrected chi connectivity index (χ4v) is 9.74. The minimum absolute atomic E-state index is 0.00287. The van der Waals surface area contributed by atoms with Gasteiger partial charge >= 0.3 is 0 Å². The lowest BCUT2D eigenvalue weighted by molar-refractivity contribution is -0.134. The molecule has 5 fully saturated rings. The Bertz CT molecular complexity index is 1140. The summed E-state index contributed by atoms with van der Waals surface area (Å²) in [5.41, 5.74) is 5.36. The number of nitrogens with one attached hydrogen (secondary N) is 4. The van der Waals surface area contributed by atoms with Gasteiger partial charge in [0, 0.05) is 24.7 Å². The maximum atomic E-state index is 13.6. The van der Waals surface area contributed by atoms with E-state index in [-0.39, 0.29) is 36.4 Å². The Labute approximate surface area is 294 Å². The summed E-state index contributed by atoms with van der Waals surface area (Å²) in [6, 6.07) is -2.09. The first-order valence-electron chi connectivity index (χ1n) is 19.8. The van der Waals surface area contributed by atoms with Crippen LogP contribution in [0.3, 0.4) is 0 Å². The third-order valence-electron chi connectivity index (χ3n) is 12.4. The number of hydrogen-bond acceptors (Lipinski definition) is 7. The molecule has 2 aliphatic heterocycles. The molecule has 11 nitrogen and oxygen atoms in total. The number of rotatable bonds is 12. The number of hydrogen-bond donors (Lipinski definition) is 6. The van der Waals surface area contributed by atoms with E-state index in [2.05, 4.69) is 26.2 Å². The molecular formula is C38H66N6O5. The minimum atomic E-state index is -1.14. The summed E-state index contributed by atoms with van der Waals surface area (Å²) in [5, 5.41) is 24.4. The number of piperidine rings is 2. The van der Waals surface area contributed by atoms with Crippen LogP contribution in [-0.2, 0) is 19.2 Å². The van der Waals surface area contributed by atoms with Crippen molar-refractivity contribution >= 4 is 23.6 Å². The van der Waals surface area contributed by atoms with E-state index in [1.807, 2.05) is 20.8 Å². The summed E-state index contributed by atoms with van der Waals surface area (Å²) in [4.78, 5) is 55.1. The first-order valence-corrected chi connectivity index (χ1v) is 19.8. The first kappa shape index (κ1) is 38.0. The topological polar surface area (TPSA) is 166 Å². The van der Waals surface area contributed by atoms with Crippen molar-refractivity contribution in [1.82, 2.24) is 26.2 Å². The smallest absolute Gasteiger partial charge is 0.240 e. The van der Waals surface area contributed by atoms with Crippen LogP contribution in [0.2, 0.25) is 0 Å². The molecule has 9 atom stereocenters. The average Bonchev–Trinajstić information content (AvgIpc) is 3.06. The quantitative estimate of drug-likeness (QED) is 0.183. The van der Waals surface area contributed by atoms with Crippen molar-refractivity contribution in [3.8, 4) is 0 Å². The number of amides is 4. The molecule has 3 aliphatic carbocycles. The van der Waals surface area contributed by atoms with Gasteiger partial charge in [-0.05, 0) is 89.4 Å². The van der Waals surface area contributed by atoms with Crippen LogP contribution in [0.5, 0.6) is 0 Å². The van der Waals surface area contributed by atoms with Gasteiger partial charge in [0.05, 0.1) is 30.7 Å². The largest absolute Gasteiger partial charge is 0.390 e. The predicted octanol–water partition coefficient (Wildman–Crippen LogP) is 3.27. The van der Waals surface area contributed by atoms with Crippen LogP contribution < -0.4 is 27.0 Å². The zero-order valence-electron chi connectivity index (χ0n) is 30.5. The van der Waals surface area contributed by atoms with Crippen molar-refractivity contribution in [3.05, 3.63) is 0 Å². The number of nitrogens with zero attached hydrogens (tertiary/aromatic N) is 1. The second-order valence-electron chi connectivity index (χ2n) is 17.3. The van der Waals surface area contributed by atoms with Crippen LogP contribution in [0.25, 0.3) is 0 Å². The minimum Gasteiger partial charge on any atom is -0.390 e. The number of primary amides is 1. The van der Waals surface area contributed by atoms with Crippen molar-refractivity contribution in [2.75, 3.05) is 13.1 Å². The molecule has 49 heavy (non-hydrogen) atoms. The first-order chi connectivity index (χ1) is 23.4. The van der Waals surface area contributed by atoms with E-state index in [0.29, 0.717) is 42.6 Å². The molecule has 3 unspecified atom stereocenters. The molecule has 3 saturated carbocycles. The summed E-state index contributed by atoms with van der Waals surface area (Å²) in [6.45, 7) is 7.03. The van der Waals surface area contributed by atoms with E-state index in [4.69, 9.17) is 5.73 Å². The maximum absolute atomic E-state index is 13.6. The predicted molar refractivity (Wildman–Crippen MR) is 190 cm³/mol. The summed E-state index contributed by atoms with van der Waals surface area (Å²) >= 11 is 0. The van der Waals surface area contributed by atoms with Crippen LogP contribution >= 0.6 is 0 Å². The van der Waals surface area contributed by atoms with E-state index in [1.165, 1.54) is 32.1 Å². The van der Waals surface area contributed by atoms with Crippen molar-refractivity contribution in [2.45, 2.75) is 178 Å². The van der Waals surface area contributed by atoms with Gasteiger partial charge in [0.25, 0.3) is 0 Å². The van der Waals surface area contributed by atoms with Crippen LogP contribution in [0.4, 0.5) is 0 Å². The Balaban J connectivity index is 1.24. The molecule has 0 spiro atoms. The van der Waals surface area contributed by atoms with Crippen molar-refractivity contribution in [2.24, 2.45) is 29.4 Å². The van der Waals surface area contributed by atoms with Gasteiger partial charge in [-0.1, -0.05) is 64.2 Å². The number of aliphatic hydroxyl groups is 1. The van der Waals surface area contributed by atoms with Crippen LogP contribution in [0.1, 0.15) is 136 Å². The fourth-order valence-electron chi connectivity index (χ4n) is 9.74. The van der Waals surface area contributed by atoms with Gasteiger partial charge in [0.1, 0.15) is 6.04 Å². The standard InChI is InChI=1S/C38H66N6O5/c1-38(2,3)43-37(49)32-20-26-14-7-8-15-27(26)22-44(32)23-33(45)30(19-24-11-5-4-6-12-24)41-34(46)21-31(35(39)47)42-36(48)29-18-17-25-13-9-10-16-28(25)40-29/h24-33,40,45H,4-23H2,1-3H3,(H2,39,47)(H,41,46)(H,42,48)(H,43,49)/t25?,26-,27+,28?,29?,30-,31-,32-,33+/m0/s1. The van der Waals surface area contributed by atoms with Gasteiger partial charge in [-0.2, -0.15) is 0 Å². The van der Waals surface area contributed by atoms with Gasteiger partial charge in [-0.25, -0.2) is 0 Å². The van der Waals surface area contributed by atoms with Gasteiger partial charge in [-0.3, -0.25) is 24.1 Å². The molecule has 0 radical (unpaired) electrons. The lowest BCUT2D eigenvalue weighted by Crippen LogP contribution is -2.60. The number of likely N-dealkylation sites (tertiary alicyclic amines) is 1. The Hall–Kier alpha value is -2.24. The lowest BCUT2D eigenvalue weighted by atomic mass is 9.72. The molecule has 0 bridgehead atoms. The summed E-state index contributed by atoms with van der Waals surface area (Å²) < 4.78 is 0. The van der Waals surface area contributed by atoms with E-state index in [1.54, 1.807) is 0 Å². The van der Waals surface area contributed by atoms with Crippen molar-refractivity contribution < 1.29 is 24.3 Å². The highest BCUT2D eigenvalue weighted by atomic mass is 16.3. The number of β-amino-alcohol motifs (C(OH)–C–C–N with tert-alkyl or cyclic N) is 1. The molecule has 4 amide bonds. The van der Waals surface area contributed by atoms with Gasteiger partial charge in [0.15, 0.2) is 0 Å². The maximum Gasteiger partial charge on any atom is 0.240 e. The van der Waals surface area contributed by atoms with Gasteiger partial charge < -0.3 is 32.1 Å². The van der Waals surface area contributed by atoms with E-state index >= 15 is 0 Å². The normalized spacial score (nSPS) is 31.7. The molecule has 0 aromatic rings. The summed E-state index contributed by atoms with van der Waals surface area (Å²) in [5.74, 6) is 0.556. The number of fused-ring (bicyclic) bond motifs is 2. The third kappa shape index (κ3) is 10.9. The second-order valence-corrected chi connectivity index (χ2v) is 17.3. The zero-order valence-corrected chi connectivity index (χ0v) is 30.5. The third-order valence-corrected chi connectivity index (χ3v) is 12.4. The van der Waals surface area contributed by atoms with Gasteiger partial charge in [-0.15, -0.1) is 0 Å². The molecule has 11 heteroatoms. The fraction of sp³-hybridized carbons (Fsp3) is 0.895. The molecule has 278 valence electrons. The Morgan fingerprint density at radius 3 is 2.16 bits per heavy atom. The van der Waals surface area contributed by atoms with Crippen molar-refractivity contribution in [1.29, 1.82) is 0 Å². The number of nitrogens with two attached hydrogens (primary N) is 1. The molecule has 7 N–H and O–H groups in total. The Kier molecular flexibility index (Phi) is 13.4. The molecule has 0 aromatic carbocycles. The summed E-state index contributed by atoms with van der Waals surface area (Å²) in [7, 11) is 0. The molecule has 5 aliphatic rings. The highest BCUT2D eigenvalue weighted by Gasteiger charge is 2.42. The van der Waals surface area contributed by atoms with Crippen LogP contribution in [0, 0.1) is 23.7 Å². The van der Waals surface area contributed by atoms with E-state index in [0.717, 1.165) is 70.8 Å². The molecular weight excluding hydrogens is 620 g/mol. The van der Waals surface area contributed by atoms with Crippen LogP contribution in [-0.4, -0.2) is 88.6 Å². The van der Waals surface area contributed by atoms with E-state index < -0.39 is 36.0 Å². The zero-order chi connectivity index (χ0) is 35.1.